The van der Waals surface area contributed by atoms with Gasteiger partial charge in [-0.15, -0.1) is 11.3 Å². The van der Waals surface area contributed by atoms with Crippen LogP contribution in [-0.2, 0) is 11.3 Å². The predicted molar refractivity (Wildman–Crippen MR) is 82.7 cm³/mol. The van der Waals surface area contributed by atoms with Crippen LogP contribution in [0, 0.1) is 0 Å². The van der Waals surface area contributed by atoms with Crippen LogP contribution in [0.2, 0.25) is 0 Å². The zero-order chi connectivity index (χ0) is 15.0. The van der Waals surface area contributed by atoms with Crippen molar-refractivity contribution in [3.63, 3.8) is 0 Å². The Labute approximate surface area is 125 Å². The third-order valence-electron chi connectivity index (χ3n) is 3.53. The summed E-state index contributed by atoms with van der Waals surface area (Å²) in [4.78, 5) is 24.3. The van der Waals surface area contributed by atoms with Gasteiger partial charge in [0, 0.05) is 6.04 Å². The summed E-state index contributed by atoms with van der Waals surface area (Å²) in [5, 5.41) is 8.90. The first-order valence-electron chi connectivity index (χ1n) is 6.84. The highest BCUT2D eigenvalue weighted by Gasteiger charge is 2.12. The zero-order valence-corrected chi connectivity index (χ0v) is 12.7. The summed E-state index contributed by atoms with van der Waals surface area (Å²) in [5.74, 6) is -0.198. The summed E-state index contributed by atoms with van der Waals surface area (Å²) in [7, 11) is 0. The lowest BCUT2D eigenvalue weighted by molar-refractivity contribution is -0.122. The second-order valence-corrected chi connectivity index (χ2v) is 5.99. The van der Waals surface area contributed by atoms with E-state index in [2.05, 4.69) is 10.4 Å². The van der Waals surface area contributed by atoms with Crippen LogP contribution in [0.4, 0.5) is 0 Å². The largest absolute Gasteiger partial charge is 0.352 e. The van der Waals surface area contributed by atoms with Gasteiger partial charge in [0.15, 0.2) is 0 Å². The molecule has 7 heteroatoms. The normalized spacial score (nSPS) is 12.9. The minimum atomic E-state index is -0.250. The Balaban J connectivity index is 1.95. The van der Waals surface area contributed by atoms with E-state index in [4.69, 9.17) is 0 Å². The molecule has 0 radical (unpaired) electrons. The summed E-state index contributed by atoms with van der Waals surface area (Å²) in [5.41, 5.74) is 1.26. The number of amides is 1. The van der Waals surface area contributed by atoms with Crippen molar-refractivity contribution in [3.05, 3.63) is 34.2 Å². The fourth-order valence-corrected chi connectivity index (χ4v) is 3.01. The van der Waals surface area contributed by atoms with Gasteiger partial charge >= 0.3 is 0 Å². The lowest BCUT2D eigenvalue weighted by Crippen LogP contribution is -2.38. The molecule has 3 aromatic rings. The van der Waals surface area contributed by atoms with E-state index in [-0.39, 0.29) is 24.1 Å². The summed E-state index contributed by atoms with van der Waals surface area (Å²) >= 11 is 1.58. The molecule has 21 heavy (non-hydrogen) atoms. The molecule has 0 bridgehead atoms. The minimum Gasteiger partial charge on any atom is -0.352 e. The average Bonchev–Trinajstić information content (AvgIpc) is 3.03. The van der Waals surface area contributed by atoms with Crippen molar-refractivity contribution in [1.29, 1.82) is 0 Å². The van der Waals surface area contributed by atoms with Crippen LogP contribution in [-0.4, -0.2) is 26.1 Å². The standard InChI is InChI=1S/C14H16N4O2S/c1-3-9(2)16-13(19)7-18-14(20)11-6-12-10(4-5-21-12)17(11)8-15-18/h4-6,8-9H,3,7H2,1-2H3,(H,16,19). The molecule has 1 N–H and O–H groups in total. The molecule has 3 heterocycles. The van der Waals surface area contributed by atoms with E-state index in [1.807, 2.05) is 31.4 Å². The van der Waals surface area contributed by atoms with Gasteiger partial charge in [-0.1, -0.05) is 6.92 Å². The summed E-state index contributed by atoms with van der Waals surface area (Å²) in [6.07, 6.45) is 2.43. The third kappa shape index (κ3) is 2.44. The van der Waals surface area contributed by atoms with Crippen LogP contribution in [0.1, 0.15) is 20.3 Å². The predicted octanol–water partition coefficient (Wildman–Crippen LogP) is 1.63. The highest BCUT2D eigenvalue weighted by molar-refractivity contribution is 7.17. The molecule has 0 aliphatic heterocycles. The Morgan fingerprint density at radius 3 is 3.05 bits per heavy atom. The Bertz CT molecular complexity index is 861. The number of hydrogen-bond acceptors (Lipinski definition) is 4. The number of thiophene rings is 1. The molecule has 1 amide bonds. The molecule has 0 saturated carbocycles. The molecule has 110 valence electrons. The van der Waals surface area contributed by atoms with Crippen molar-refractivity contribution in [2.24, 2.45) is 0 Å². The van der Waals surface area contributed by atoms with E-state index in [0.29, 0.717) is 5.52 Å². The summed E-state index contributed by atoms with van der Waals surface area (Å²) < 4.78 is 4.00. The molecule has 3 rings (SSSR count). The van der Waals surface area contributed by atoms with Gasteiger partial charge in [0.1, 0.15) is 18.4 Å². The van der Waals surface area contributed by atoms with Crippen molar-refractivity contribution < 1.29 is 4.79 Å². The van der Waals surface area contributed by atoms with Gasteiger partial charge in [0.25, 0.3) is 5.56 Å². The lowest BCUT2D eigenvalue weighted by Gasteiger charge is -2.11. The van der Waals surface area contributed by atoms with E-state index >= 15 is 0 Å². The van der Waals surface area contributed by atoms with Crippen LogP contribution in [0.3, 0.4) is 0 Å². The van der Waals surface area contributed by atoms with Gasteiger partial charge in [0.2, 0.25) is 5.91 Å². The maximum Gasteiger partial charge on any atom is 0.291 e. The van der Waals surface area contributed by atoms with Gasteiger partial charge in [0.05, 0.1) is 10.2 Å². The monoisotopic (exact) mass is 304 g/mol. The van der Waals surface area contributed by atoms with Crippen molar-refractivity contribution in [2.45, 2.75) is 32.9 Å². The molecule has 3 aromatic heterocycles. The van der Waals surface area contributed by atoms with Gasteiger partial charge < -0.3 is 5.32 Å². The first-order valence-corrected chi connectivity index (χ1v) is 7.72. The Morgan fingerprint density at radius 1 is 1.48 bits per heavy atom. The number of rotatable bonds is 4. The topological polar surface area (TPSA) is 68.4 Å². The minimum absolute atomic E-state index is 0.0570. The molecule has 1 atom stereocenters. The van der Waals surface area contributed by atoms with E-state index < -0.39 is 0 Å². The van der Waals surface area contributed by atoms with Crippen LogP contribution in [0.5, 0.6) is 0 Å². The molecule has 0 saturated heterocycles. The number of nitrogens with one attached hydrogen (secondary N) is 1. The lowest BCUT2D eigenvalue weighted by atomic mass is 10.2. The number of hydrogen-bond donors (Lipinski definition) is 1. The smallest absolute Gasteiger partial charge is 0.291 e. The van der Waals surface area contributed by atoms with E-state index in [1.165, 1.54) is 4.68 Å². The zero-order valence-electron chi connectivity index (χ0n) is 11.9. The number of carbonyl (C=O) groups is 1. The molecule has 0 fully saturated rings. The van der Waals surface area contributed by atoms with Gasteiger partial charge in [-0.2, -0.15) is 5.10 Å². The molecule has 1 unspecified atom stereocenters. The van der Waals surface area contributed by atoms with Crippen LogP contribution in [0.15, 0.2) is 28.6 Å². The number of nitrogens with zero attached hydrogens (tertiary/aromatic N) is 3. The molecule has 0 aliphatic carbocycles. The van der Waals surface area contributed by atoms with Gasteiger partial charge in [-0.05, 0) is 30.9 Å². The number of carbonyl (C=O) groups excluding carboxylic acids is 1. The van der Waals surface area contributed by atoms with Gasteiger partial charge in [-0.25, -0.2) is 4.68 Å². The molecule has 0 aromatic carbocycles. The van der Waals surface area contributed by atoms with Crippen molar-refractivity contribution >= 4 is 33.0 Å². The summed E-state index contributed by atoms with van der Waals surface area (Å²) in [6, 6.07) is 3.89. The molecular weight excluding hydrogens is 288 g/mol. The van der Waals surface area contributed by atoms with Crippen LogP contribution >= 0.6 is 11.3 Å². The van der Waals surface area contributed by atoms with Crippen LogP contribution in [0.25, 0.3) is 15.7 Å². The van der Waals surface area contributed by atoms with Gasteiger partial charge in [-0.3, -0.25) is 14.0 Å². The van der Waals surface area contributed by atoms with E-state index in [9.17, 15) is 9.59 Å². The van der Waals surface area contributed by atoms with Crippen molar-refractivity contribution in [1.82, 2.24) is 19.5 Å². The first-order chi connectivity index (χ1) is 10.1. The quantitative estimate of drug-likeness (QED) is 0.796. The maximum absolute atomic E-state index is 12.4. The molecule has 6 nitrogen and oxygen atoms in total. The van der Waals surface area contributed by atoms with E-state index in [0.717, 1.165) is 16.6 Å². The number of fused-ring (bicyclic) bond motifs is 3. The first kappa shape index (κ1) is 13.8. The second-order valence-electron chi connectivity index (χ2n) is 5.04. The molecule has 0 aliphatic rings. The Hall–Kier alpha value is -2.15. The fourth-order valence-electron chi connectivity index (χ4n) is 2.20. The summed E-state index contributed by atoms with van der Waals surface area (Å²) in [6.45, 7) is 3.87. The fraction of sp³-hybridized carbons (Fsp3) is 0.357. The van der Waals surface area contributed by atoms with E-state index in [1.54, 1.807) is 22.1 Å². The highest BCUT2D eigenvalue weighted by atomic mass is 32.1. The Kier molecular flexibility index (Phi) is 3.50. The SMILES string of the molecule is CCC(C)NC(=O)Cn1ncn2c(cc3sccc32)c1=O. The average molecular weight is 304 g/mol. The Morgan fingerprint density at radius 2 is 2.29 bits per heavy atom. The second kappa shape index (κ2) is 5.33. The molecule has 0 spiro atoms. The molecular formula is C14H16N4O2S. The highest BCUT2D eigenvalue weighted by Crippen LogP contribution is 2.22. The maximum atomic E-state index is 12.4. The van der Waals surface area contributed by atoms with Crippen molar-refractivity contribution in [3.8, 4) is 0 Å². The number of aromatic nitrogens is 3. The van der Waals surface area contributed by atoms with Crippen LogP contribution < -0.4 is 10.9 Å². The third-order valence-corrected chi connectivity index (χ3v) is 4.39. The van der Waals surface area contributed by atoms with Crippen molar-refractivity contribution in [2.75, 3.05) is 0 Å².